The molecule has 0 amide bonds. The fourth-order valence-corrected chi connectivity index (χ4v) is 3.00. The van der Waals surface area contributed by atoms with Crippen molar-refractivity contribution in [1.82, 2.24) is 14.7 Å². The summed E-state index contributed by atoms with van der Waals surface area (Å²) in [7, 11) is -3.74. The molecule has 0 aliphatic rings. The van der Waals surface area contributed by atoms with Crippen molar-refractivity contribution < 1.29 is 18.3 Å². The molecular formula is C12H10BrN3O4S. The summed E-state index contributed by atoms with van der Waals surface area (Å²) in [5.74, 6) is -1.10. The molecule has 110 valence electrons. The molecule has 0 unspecified atom stereocenters. The number of carbonyl (C=O) groups is 1. The number of nitrogens with one attached hydrogen (secondary N) is 1. The molecule has 2 rings (SSSR count). The third kappa shape index (κ3) is 4.06. The van der Waals surface area contributed by atoms with Crippen molar-refractivity contribution in [3.8, 4) is 0 Å². The van der Waals surface area contributed by atoms with E-state index in [0.717, 1.165) is 0 Å². The van der Waals surface area contributed by atoms with Crippen molar-refractivity contribution >= 4 is 31.9 Å². The van der Waals surface area contributed by atoms with Gasteiger partial charge in [0.05, 0.1) is 17.8 Å². The SMILES string of the molecule is O=C(O)c1ccnc(CNS(=O)(=O)c2cncc(Br)c2)c1. The van der Waals surface area contributed by atoms with Gasteiger partial charge in [0, 0.05) is 23.1 Å². The van der Waals surface area contributed by atoms with Gasteiger partial charge in [0.25, 0.3) is 0 Å². The highest BCUT2D eigenvalue weighted by Gasteiger charge is 2.15. The van der Waals surface area contributed by atoms with Gasteiger partial charge in [-0.3, -0.25) is 9.97 Å². The van der Waals surface area contributed by atoms with Crippen LogP contribution in [0.5, 0.6) is 0 Å². The average molecular weight is 372 g/mol. The standard InChI is InChI=1S/C12H10BrN3O4S/c13-9-4-11(7-14-5-9)21(19,20)16-6-10-3-8(12(17)18)1-2-15-10/h1-5,7,16H,6H2,(H,17,18). The highest BCUT2D eigenvalue weighted by atomic mass is 79.9. The molecule has 9 heteroatoms. The maximum absolute atomic E-state index is 12.1. The summed E-state index contributed by atoms with van der Waals surface area (Å²) in [4.78, 5) is 18.5. The number of rotatable bonds is 5. The minimum atomic E-state index is -3.74. The van der Waals surface area contributed by atoms with Crippen LogP contribution in [-0.2, 0) is 16.6 Å². The van der Waals surface area contributed by atoms with Gasteiger partial charge in [0.1, 0.15) is 4.90 Å². The van der Waals surface area contributed by atoms with Crippen LogP contribution >= 0.6 is 15.9 Å². The minimum Gasteiger partial charge on any atom is -0.478 e. The number of aromatic nitrogens is 2. The summed E-state index contributed by atoms with van der Waals surface area (Å²) >= 11 is 3.14. The summed E-state index contributed by atoms with van der Waals surface area (Å²) in [6.45, 7) is -0.115. The topological polar surface area (TPSA) is 109 Å². The third-order valence-corrected chi connectivity index (χ3v) is 4.30. The van der Waals surface area contributed by atoms with E-state index in [1.807, 2.05) is 0 Å². The van der Waals surface area contributed by atoms with Crippen LogP contribution in [0.3, 0.4) is 0 Å². The van der Waals surface area contributed by atoms with Gasteiger partial charge >= 0.3 is 5.97 Å². The fraction of sp³-hybridized carbons (Fsp3) is 0.0833. The van der Waals surface area contributed by atoms with Crippen molar-refractivity contribution in [3.63, 3.8) is 0 Å². The summed E-state index contributed by atoms with van der Waals surface area (Å²) in [5.41, 5.74) is 0.352. The zero-order valence-electron chi connectivity index (χ0n) is 10.5. The highest BCUT2D eigenvalue weighted by Crippen LogP contribution is 2.14. The number of nitrogens with zero attached hydrogens (tertiary/aromatic N) is 2. The molecule has 0 spiro atoms. The normalized spacial score (nSPS) is 11.3. The largest absolute Gasteiger partial charge is 0.478 e. The van der Waals surface area contributed by atoms with E-state index >= 15 is 0 Å². The Morgan fingerprint density at radius 1 is 1.33 bits per heavy atom. The molecule has 2 aromatic heterocycles. The van der Waals surface area contributed by atoms with Crippen molar-refractivity contribution in [2.24, 2.45) is 0 Å². The lowest BCUT2D eigenvalue weighted by Crippen LogP contribution is -2.24. The Kier molecular flexibility index (Phi) is 4.66. The lowest BCUT2D eigenvalue weighted by Gasteiger charge is -2.06. The Morgan fingerprint density at radius 3 is 2.76 bits per heavy atom. The Bertz CT molecular complexity index is 780. The van der Waals surface area contributed by atoms with Gasteiger partial charge in [-0.15, -0.1) is 0 Å². The first-order chi connectivity index (χ1) is 9.88. The van der Waals surface area contributed by atoms with Crippen LogP contribution in [0.4, 0.5) is 0 Å². The van der Waals surface area contributed by atoms with Crippen LogP contribution in [0.15, 0.2) is 46.2 Å². The van der Waals surface area contributed by atoms with Crippen molar-refractivity contribution in [1.29, 1.82) is 0 Å². The van der Waals surface area contributed by atoms with Crippen LogP contribution in [0.1, 0.15) is 16.1 Å². The number of hydrogen-bond acceptors (Lipinski definition) is 5. The molecule has 2 aromatic rings. The van der Waals surface area contributed by atoms with Crippen LogP contribution in [0.2, 0.25) is 0 Å². The highest BCUT2D eigenvalue weighted by molar-refractivity contribution is 9.10. The summed E-state index contributed by atoms with van der Waals surface area (Å²) < 4.78 is 27.0. The first kappa shape index (κ1) is 15.5. The lowest BCUT2D eigenvalue weighted by atomic mass is 10.2. The smallest absolute Gasteiger partial charge is 0.335 e. The molecule has 0 aromatic carbocycles. The second-order valence-corrected chi connectivity index (χ2v) is 6.69. The molecule has 0 saturated heterocycles. The second kappa shape index (κ2) is 6.29. The number of sulfonamides is 1. The monoisotopic (exact) mass is 371 g/mol. The molecule has 2 N–H and O–H groups in total. The Balaban J connectivity index is 2.15. The van der Waals surface area contributed by atoms with Crippen LogP contribution in [0, 0.1) is 0 Å². The van der Waals surface area contributed by atoms with Crippen molar-refractivity contribution in [3.05, 3.63) is 52.5 Å². The predicted molar refractivity (Wildman–Crippen MR) is 77.2 cm³/mol. The third-order valence-electron chi connectivity index (χ3n) is 2.50. The van der Waals surface area contributed by atoms with E-state index in [0.29, 0.717) is 10.2 Å². The van der Waals surface area contributed by atoms with Crippen LogP contribution in [0.25, 0.3) is 0 Å². The number of hydrogen-bond donors (Lipinski definition) is 2. The molecule has 0 saturated carbocycles. The molecule has 0 bridgehead atoms. The lowest BCUT2D eigenvalue weighted by molar-refractivity contribution is 0.0696. The molecule has 0 radical (unpaired) electrons. The van der Waals surface area contributed by atoms with Gasteiger partial charge in [-0.2, -0.15) is 0 Å². The maximum atomic E-state index is 12.1. The average Bonchev–Trinajstić information content (AvgIpc) is 2.45. The van der Waals surface area contributed by atoms with Gasteiger partial charge in [0.2, 0.25) is 10.0 Å². The molecular weight excluding hydrogens is 362 g/mol. The van der Waals surface area contributed by atoms with Gasteiger partial charge in [-0.1, -0.05) is 0 Å². The maximum Gasteiger partial charge on any atom is 0.335 e. The molecule has 7 nitrogen and oxygen atoms in total. The minimum absolute atomic E-state index is 0.00580. The summed E-state index contributed by atoms with van der Waals surface area (Å²) in [6, 6.07) is 4.05. The zero-order valence-corrected chi connectivity index (χ0v) is 12.9. The quantitative estimate of drug-likeness (QED) is 0.822. The molecule has 0 atom stereocenters. The number of halogens is 1. The first-order valence-electron chi connectivity index (χ1n) is 5.67. The van der Waals surface area contributed by atoms with E-state index in [2.05, 4.69) is 30.6 Å². The van der Waals surface area contributed by atoms with Gasteiger partial charge in [-0.05, 0) is 34.1 Å². The number of carboxylic acid groups (broad SMARTS) is 1. The fourth-order valence-electron chi connectivity index (χ4n) is 1.50. The Hall–Kier alpha value is -1.84. The van der Waals surface area contributed by atoms with Crippen molar-refractivity contribution in [2.75, 3.05) is 0 Å². The Morgan fingerprint density at radius 2 is 2.10 bits per heavy atom. The van der Waals surface area contributed by atoms with Crippen LogP contribution < -0.4 is 4.72 Å². The van der Waals surface area contributed by atoms with E-state index in [-0.39, 0.29) is 17.0 Å². The predicted octanol–water partition coefficient (Wildman–Crippen LogP) is 1.42. The Labute approximate surface area is 129 Å². The van der Waals surface area contributed by atoms with Crippen molar-refractivity contribution in [2.45, 2.75) is 11.4 Å². The molecule has 0 fully saturated rings. The van der Waals surface area contributed by atoms with E-state index in [4.69, 9.17) is 5.11 Å². The number of pyridine rings is 2. The summed E-state index contributed by atoms with van der Waals surface area (Å²) in [5, 5.41) is 8.87. The first-order valence-corrected chi connectivity index (χ1v) is 7.94. The van der Waals surface area contributed by atoms with E-state index in [1.54, 1.807) is 0 Å². The number of carboxylic acids is 1. The number of aromatic carboxylic acids is 1. The zero-order chi connectivity index (χ0) is 15.5. The van der Waals surface area contributed by atoms with E-state index in [9.17, 15) is 13.2 Å². The molecule has 0 aliphatic heterocycles. The molecule has 0 aliphatic carbocycles. The molecule has 2 heterocycles. The second-order valence-electron chi connectivity index (χ2n) is 4.00. The van der Waals surface area contributed by atoms with Gasteiger partial charge < -0.3 is 5.11 Å². The van der Waals surface area contributed by atoms with Gasteiger partial charge in [-0.25, -0.2) is 17.9 Å². The van der Waals surface area contributed by atoms with E-state index < -0.39 is 16.0 Å². The van der Waals surface area contributed by atoms with Crippen LogP contribution in [-0.4, -0.2) is 29.5 Å². The van der Waals surface area contributed by atoms with E-state index in [1.165, 1.54) is 36.8 Å². The summed E-state index contributed by atoms with van der Waals surface area (Å²) in [6.07, 6.45) is 4.00. The molecule has 21 heavy (non-hydrogen) atoms. The van der Waals surface area contributed by atoms with Gasteiger partial charge in [0.15, 0.2) is 0 Å².